The molecular formula is C25H25F3N2O. The topological polar surface area (TPSA) is 55.1 Å². The molecule has 6 heteroatoms. The van der Waals surface area contributed by atoms with Gasteiger partial charge in [0.05, 0.1) is 11.6 Å². The van der Waals surface area contributed by atoms with E-state index < -0.39 is 17.6 Å². The Kier molecular flexibility index (Phi) is 6.68. The number of primary amides is 1. The summed E-state index contributed by atoms with van der Waals surface area (Å²) in [5.41, 5.74) is 8.64. The molecule has 1 atom stereocenters. The Morgan fingerprint density at radius 2 is 1.39 bits per heavy atom. The number of hydrogen-bond donors (Lipinski definition) is 2. The average molecular weight is 426 g/mol. The lowest BCUT2D eigenvalue weighted by Crippen LogP contribution is -2.15. The minimum Gasteiger partial charge on any atom is -0.378 e. The lowest BCUT2D eigenvalue weighted by molar-refractivity contribution is -0.137. The first-order valence-corrected chi connectivity index (χ1v) is 10.1. The molecule has 1 amide bonds. The summed E-state index contributed by atoms with van der Waals surface area (Å²) < 4.78 is 38.3. The lowest BCUT2D eigenvalue weighted by atomic mass is 9.95. The van der Waals surface area contributed by atoms with Crippen molar-refractivity contribution < 1.29 is 18.0 Å². The zero-order valence-electron chi connectivity index (χ0n) is 17.4. The van der Waals surface area contributed by atoms with Crippen molar-refractivity contribution in [2.45, 2.75) is 32.5 Å². The maximum absolute atomic E-state index is 12.8. The van der Waals surface area contributed by atoms with Gasteiger partial charge in [-0.25, -0.2) is 0 Å². The highest BCUT2D eigenvalue weighted by Gasteiger charge is 2.29. The molecule has 162 valence electrons. The highest BCUT2D eigenvalue weighted by atomic mass is 19.4. The van der Waals surface area contributed by atoms with Gasteiger partial charge in [-0.15, -0.1) is 0 Å². The van der Waals surface area contributed by atoms with E-state index in [0.29, 0.717) is 11.5 Å². The molecular weight excluding hydrogens is 401 g/mol. The van der Waals surface area contributed by atoms with Gasteiger partial charge < -0.3 is 11.1 Å². The number of nitrogens with two attached hydrogens (primary N) is 1. The van der Waals surface area contributed by atoms with Crippen molar-refractivity contribution in [3.63, 3.8) is 0 Å². The van der Waals surface area contributed by atoms with Crippen LogP contribution in [0.15, 0.2) is 72.8 Å². The van der Waals surface area contributed by atoms with Crippen LogP contribution in [0.25, 0.3) is 11.1 Å². The first kappa shape index (κ1) is 22.4. The molecule has 1 unspecified atom stereocenters. The molecule has 3 aromatic rings. The van der Waals surface area contributed by atoms with Crippen LogP contribution in [0.1, 0.15) is 47.8 Å². The van der Waals surface area contributed by atoms with E-state index in [1.54, 1.807) is 12.1 Å². The molecule has 0 aromatic heterocycles. The molecule has 0 saturated carbocycles. The van der Waals surface area contributed by atoms with Crippen molar-refractivity contribution in [2.75, 3.05) is 5.32 Å². The van der Waals surface area contributed by atoms with Gasteiger partial charge in [0.25, 0.3) is 0 Å². The van der Waals surface area contributed by atoms with Crippen LogP contribution in [0.4, 0.5) is 18.9 Å². The highest BCUT2D eigenvalue weighted by molar-refractivity contribution is 5.92. The van der Waals surface area contributed by atoms with Gasteiger partial charge in [0.15, 0.2) is 0 Å². The number of anilines is 1. The molecule has 3 aromatic carbocycles. The second-order valence-electron chi connectivity index (χ2n) is 7.97. The number of carbonyl (C=O) groups is 1. The van der Waals surface area contributed by atoms with E-state index in [0.717, 1.165) is 40.9 Å². The van der Waals surface area contributed by atoms with E-state index in [4.69, 9.17) is 5.73 Å². The number of halogens is 3. The molecule has 0 fully saturated rings. The summed E-state index contributed by atoms with van der Waals surface area (Å²) in [6.45, 7) is 4.28. The van der Waals surface area contributed by atoms with Crippen LogP contribution >= 0.6 is 0 Å². The number of amides is 1. The molecule has 0 aliphatic rings. The zero-order valence-corrected chi connectivity index (χ0v) is 17.4. The van der Waals surface area contributed by atoms with Crippen LogP contribution in [0.2, 0.25) is 0 Å². The summed E-state index contributed by atoms with van der Waals surface area (Å²) in [5, 5.41) is 3.52. The van der Waals surface area contributed by atoms with Crippen molar-refractivity contribution >= 4 is 11.6 Å². The summed E-state index contributed by atoms with van der Waals surface area (Å²) >= 11 is 0. The predicted octanol–water partition coefficient (Wildman–Crippen LogP) is 6.67. The fraction of sp³-hybridized carbons (Fsp3) is 0.240. The Bertz CT molecular complexity index is 1010. The fourth-order valence-corrected chi connectivity index (χ4v) is 3.44. The van der Waals surface area contributed by atoms with Crippen LogP contribution < -0.4 is 11.1 Å². The SMILES string of the molecule is CC(C)CC(Nc1ccc(-c2ccc(C(F)(F)F)cc2)cc1)c1ccc(C(N)=O)cc1. The van der Waals surface area contributed by atoms with Gasteiger partial charge in [-0.1, -0.05) is 50.2 Å². The number of benzene rings is 3. The second kappa shape index (κ2) is 9.25. The summed E-state index contributed by atoms with van der Waals surface area (Å²) in [6, 6.07) is 20.0. The van der Waals surface area contributed by atoms with Gasteiger partial charge in [0.1, 0.15) is 0 Å². The maximum atomic E-state index is 12.8. The van der Waals surface area contributed by atoms with Gasteiger partial charge in [-0.05, 0) is 65.4 Å². The molecule has 0 heterocycles. The van der Waals surface area contributed by atoms with Crippen LogP contribution in [-0.2, 0) is 6.18 Å². The molecule has 3 rings (SSSR count). The quantitative estimate of drug-likeness (QED) is 0.443. The number of hydrogen-bond acceptors (Lipinski definition) is 2. The van der Waals surface area contributed by atoms with Gasteiger partial charge in [0.2, 0.25) is 5.91 Å². The van der Waals surface area contributed by atoms with E-state index in [9.17, 15) is 18.0 Å². The largest absolute Gasteiger partial charge is 0.416 e. The predicted molar refractivity (Wildman–Crippen MR) is 118 cm³/mol. The molecule has 0 bridgehead atoms. The van der Waals surface area contributed by atoms with Gasteiger partial charge >= 0.3 is 6.18 Å². The van der Waals surface area contributed by atoms with Crippen molar-refractivity contribution in [3.05, 3.63) is 89.5 Å². The smallest absolute Gasteiger partial charge is 0.378 e. The molecule has 0 aliphatic heterocycles. The van der Waals surface area contributed by atoms with Crippen molar-refractivity contribution in [3.8, 4) is 11.1 Å². The fourth-order valence-electron chi connectivity index (χ4n) is 3.44. The summed E-state index contributed by atoms with van der Waals surface area (Å²) in [6.07, 6.45) is -3.45. The first-order chi connectivity index (χ1) is 14.6. The monoisotopic (exact) mass is 426 g/mol. The number of alkyl halides is 3. The molecule has 3 nitrogen and oxygen atoms in total. The second-order valence-corrected chi connectivity index (χ2v) is 7.97. The number of nitrogens with one attached hydrogen (secondary N) is 1. The van der Waals surface area contributed by atoms with Crippen LogP contribution in [0.5, 0.6) is 0 Å². The third-order valence-electron chi connectivity index (χ3n) is 5.08. The minimum absolute atomic E-state index is 0.0406. The van der Waals surface area contributed by atoms with Crippen LogP contribution in [0.3, 0.4) is 0 Å². The lowest BCUT2D eigenvalue weighted by Gasteiger charge is -2.23. The van der Waals surface area contributed by atoms with Crippen molar-refractivity contribution in [1.29, 1.82) is 0 Å². The Labute approximate surface area is 180 Å². The molecule has 3 N–H and O–H groups in total. The van der Waals surface area contributed by atoms with E-state index >= 15 is 0 Å². The Balaban J connectivity index is 1.77. The summed E-state index contributed by atoms with van der Waals surface area (Å²) in [4.78, 5) is 11.3. The molecule has 0 saturated heterocycles. The third kappa shape index (κ3) is 5.87. The molecule has 0 spiro atoms. The molecule has 0 aliphatic carbocycles. The first-order valence-electron chi connectivity index (χ1n) is 10.1. The maximum Gasteiger partial charge on any atom is 0.416 e. The molecule has 31 heavy (non-hydrogen) atoms. The van der Waals surface area contributed by atoms with E-state index in [2.05, 4.69) is 19.2 Å². The van der Waals surface area contributed by atoms with Gasteiger partial charge in [-0.2, -0.15) is 13.2 Å². The van der Waals surface area contributed by atoms with Crippen LogP contribution in [-0.4, -0.2) is 5.91 Å². The average Bonchev–Trinajstić information content (AvgIpc) is 2.73. The standard InChI is InChI=1S/C25H25F3N2O/c1-16(2)15-23(19-3-5-20(6-4-19)24(29)31)30-22-13-9-18(10-14-22)17-7-11-21(12-8-17)25(26,27)28/h3-14,16,23,30H,15H2,1-2H3,(H2,29,31). The van der Waals surface area contributed by atoms with Crippen molar-refractivity contribution in [1.82, 2.24) is 0 Å². The Hall–Kier alpha value is -3.28. The summed E-state index contributed by atoms with van der Waals surface area (Å²) in [5.74, 6) is -0.0153. The Morgan fingerprint density at radius 1 is 0.871 bits per heavy atom. The van der Waals surface area contributed by atoms with E-state index in [1.165, 1.54) is 12.1 Å². The van der Waals surface area contributed by atoms with E-state index in [1.807, 2.05) is 36.4 Å². The highest BCUT2D eigenvalue weighted by Crippen LogP contribution is 2.32. The van der Waals surface area contributed by atoms with Gasteiger partial charge in [-0.3, -0.25) is 4.79 Å². The zero-order chi connectivity index (χ0) is 22.6. The third-order valence-corrected chi connectivity index (χ3v) is 5.08. The number of rotatable bonds is 7. The number of carbonyl (C=O) groups excluding carboxylic acids is 1. The normalized spacial score (nSPS) is 12.6. The van der Waals surface area contributed by atoms with E-state index in [-0.39, 0.29) is 6.04 Å². The van der Waals surface area contributed by atoms with Crippen LogP contribution in [0, 0.1) is 5.92 Å². The van der Waals surface area contributed by atoms with Gasteiger partial charge in [0, 0.05) is 11.3 Å². The van der Waals surface area contributed by atoms with Crippen molar-refractivity contribution in [2.24, 2.45) is 11.7 Å². The Morgan fingerprint density at radius 3 is 1.84 bits per heavy atom. The summed E-state index contributed by atoms with van der Waals surface area (Å²) in [7, 11) is 0. The minimum atomic E-state index is -4.34. The molecule has 0 radical (unpaired) electrons.